The molecule has 0 spiro atoms. The molecule has 1 aromatic carbocycles. The number of aromatic nitrogens is 1. The van der Waals surface area contributed by atoms with Crippen LogP contribution >= 0.6 is 0 Å². The van der Waals surface area contributed by atoms with Gasteiger partial charge in [-0.2, -0.15) is 0 Å². The first-order valence-corrected chi connectivity index (χ1v) is 5.66. The Morgan fingerprint density at radius 2 is 2.06 bits per heavy atom. The molecule has 2 heteroatoms. The van der Waals surface area contributed by atoms with Gasteiger partial charge in [0.2, 0.25) is 0 Å². The average Bonchev–Trinajstić information content (AvgIpc) is 3.11. The van der Waals surface area contributed by atoms with Crippen molar-refractivity contribution < 1.29 is 4.79 Å². The number of carbonyl (C=O) groups is 1. The molecule has 1 saturated carbocycles. The van der Waals surface area contributed by atoms with Crippen molar-refractivity contribution in [2.75, 3.05) is 0 Å². The fourth-order valence-electron chi connectivity index (χ4n) is 1.96. The van der Waals surface area contributed by atoms with E-state index >= 15 is 0 Å². The van der Waals surface area contributed by atoms with Crippen molar-refractivity contribution in [2.45, 2.75) is 19.8 Å². The summed E-state index contributed by atoms with van der Waals surface area (Å²) in [4.78, 5) is 16.3. The molecule has 1 aliphatic rings. The number of rotatable bonds is 2. The van der Waals surface area contributed by atoms with E-state index in [9.17, 15) is 4.79 Å². The summed E-state index contributed by atoms with van der Waals surface area (Å²) in [5.74, 6) is 0.582. The van der Waals surface area contributed by atoms with Crippen LogP contribution in [0, 0.1) is 12.8 Å². The summed E-state index contributed by atoms with van der Waals surface area (Å²) < 4.78 is 0. The Balaban J connectivity index is 2.08. The number of hydrogen-bond donors (Lipinski definition) is 0. The lowest BCUT2D eigenvalue weighted by atomic mass is 10.0. The summed E-state index contributed by atoms with van der Waals surface area (Å²) in [5.41, 5.74) is 2.81. The van der Waals surface area contributed by atoms with Crippen LogP contribution < -0.4 is 0 Å². The molecule has 1 heterocycles. The number of pyridine rings is 1. The van der Waals surface area contributed by atoms with Crippen LogP contribution in [0.3, 0.4) is 0 Å². The van der Waals surface area contributed by atoms with Gasteiger partial charge < -0.3 is 0 Å². The number of hydrogen-bond acceptors (Lipinski definition) is 2. The van der Waals surface area contributed by atoms with Crippen molar-refractivity contribution in [2.24, 2.45) is 5.92 Å². The van der Waals surface area contributed by atoms with Crippen LogP contribution in [0.1, 0.15) is 28.9 Å². The zero-order valence-corrected chi connectivity index (χ0v) is 9.23. The third-order valence-electron chi connectivity index (χ3n) is 3.06. The van der Waals surface area contributed by atoms with Crippen LogP contribution in [0.15, 0.2) is 30.3 Å². The minimum Gasteiger partial charge on any atom is -0.294 e. The Hall–Kier alpha value is -1.70. The first-order chi connectivity index (χ1) is 7.74. The van der Waals surface area contributed by atoms with E-state index in [-0.39, 0.29) is 5.92 Å². The summed E-state index contributed by atoms with van der Waals surface area (Å²) in [6, 6.07) is 9.81. The van der Waals surface area contributed by atoms with Crippen LogP contribution in [-0.4, -0.2) is 10.8 Å². The molecule has 3 rings (SSSR count). The lowest BCUT2D eigenvalue weighted by Crippen LogP contribution is -2.00. The number of benzene rings is 1. The SMILES string of the molecule is Cc1ccc2cc(C(=O)C3CC3)ccc2n1. The van der Waals surface area contributed by atoms with Crippen LogP contribution in [0.5, 0.6) is 0 Å². The number of fused-ring (bicyclic) bond motifs is 1. The molecule has 2 nitrogen and oxygen atoms in total. The van der Waals surface area contributed by atoms with Crippen molar-refractivity contribution in [1.82, 2.24) is 4.98 Å². The van der Waals surface area contributed by atoms with Crippen LogP contribution in [-0.2, 0) is 0 Å². The molecule has 80 valence electrons. The molecule has 2 aromatic rings. The number of aryl methyl sites for hydroxylation is 1. The van der Waals surface area contributed by atoms with Gasteiger partial charge in [0.15, 0.2) is 5.78 Å². The minimum absolute atomic E-state index is 0.288. The maximum absolute atomic E-state index is 11.9. The Labute approximate surface area is 94.3 Å². The molecule has 1 aliphatic carbocycles. The second-order valence-electron chi connectivity index (χ2n) is 4.50. The van der Waals surface area contributed by atoms with Crippen LogP contribution in [0.4, 0.5) is 0 Å². The van der Waals surface area contributed by atoms with E-state index in [1.807, 2.05) is 37.3 Å². The van der Waals surface area contributed by atoms with E-state index in [2.05, 4.69) is 4.98 Å². The molecule has 16 heavy (non-hydrogen) atoms. The van der Waals surface area contributed by atoms with Crippen molar-refractivity contribution >= 4 is 16.7 Å². The maximum Gasteiger partial charge on any atom is 0.165 e. The summed E-state index contributed by atoms with van der Waals surface area (Å²) in [5, 5.41) is 1.05. The molecular weight excluding hydrogens is 198 g/mol. The number of ketones is 1. The third kappa shape index (κ3) is 1.60. The molecule has 0 bridgehead atoms. The van der Waals surface area contributed by atoms with Crippen molar-refractivity contribution in [3.05, 3.63) is 41.6 Å². The monoisotopic (exact) mass is 211 g/mol. The largest absolute Gasteiger partial charge is 0.294 e. The van der Waals surface area contributed by atoms with E-state index in [1.165, 1.54) is 0 Å². The van der Waals surface area contributed by atoms with E-state index < -0.39 is 0 Å². The number of nitrogens with zero attached hydrogens (tertiary/aromatic N) is 1. The third-order valence-corrected chi connectivity index (χ3v) is 3.06. The van der Waals surface area contributed by atoms with Crippen molar-refractivity contribution in [3.63, 3.8) is 0 Å². The van der Waals surface area contributed by atoms with Crippen LogP contribution in [0.25, 0.3) is 10.9 Å². The molecule has 0 unspecified atom stereocenters. The van der Waals surface area contributed by atoms with Gasteiger partial charge in [0, 0.05) is 22.6 Å². The van der Waals surface area contributed by atoms with Gasteiger partial charge in [-0.1, -0.05) is 6.07 Å². The van der Waals surface area contributed by atoms with Gasteiger partial charge in [-0.05, 0) is 44.0 Å². The zero-order valence-electron chi connectivity index (χ0n) is 9.23. The van der Waals surface area contributed by atoms with Gasteiger partial charge in [0.1, 0.15) is 0 Å². The summed E-state index contributed by atoms with van der Waals surface area (Å²) in [6.07, 6.45) is 2.12. The normalized spacial score (nSPS) is 15.3. The van der Waals surface area contributed by atoms with Gasteiger partial charge in [-0.25, -0.2) is 0 Å². The first kappa shape index (κ1) is 9.52. The number of Topliss-reactive ketones (excluding diaryl/α,β-unsaturated/α-hetero) is 1. The number of carbonyl (C=O) groups excluding carboxylic acids is 1. The maximum atomic E-state index is 11.9. The first-order valence-electron chi connectivity index (χ1n) is 5.66. The van der Waals surface area contributed by atoms with Crippen molar-refractivity contribution in [3.8, 4) is 0 Å². The fraction of sp³-hybridized carbons (Fsp3) is 0.286. The molecule has 0 aliphatic heterocycles. The Morgan fingerprint density at radius 1 is 1.25 bits per heavy atom. The molecule has 0 N–H and O–H groups in total. The highest BCUT2D eigenvalue weighted by molar-refractivity contribution is 6.01. The van der Waals surface area contributed by atoms with Gasteiger partial charge in [-0.15, -0.1) is 0 Å². The lowest BCUT2D eigenvalue weighted by Gasteiger charge is -2.02. The predicted molar refractivity (Wildman–Crippen MR) is 63.5 cm³/mol. The second-order valence-corrected chi connectivity index (χ2v) is 4.50. The Bertz CT molecular complexity index is 570. The van der Waals surface area contributed by atoms with Gasteiger partial charge >= 0.3 is 0 Å². The summed E-state index contributed by atoms with van der Waals surface area (Å²) >= 11 is 0. The molecule has 0 amide bonds. The summed E-state index contributed by atoms with van der Waals surface area (Å²) in [6.45, 7) is 1.97. The highest BCUT2D eigenvalue weighted by Gasteiger charge is 2.30. The average molecular weight is 211 g/mol. The predicted octanol–water partition coefficient (Wildman–Crippen LogP) is 3.14. The van der Waals surface area contributed by atoms with Gasteiger partial charge in [0.05, 0.1) is 5.52 Å². The zero-order chi connectivity index (χ0) is 11.1. The molecular formula is C14H13NO. The molecule has 1 aromatic heterocycles. The molecule has 1 fully saturated rings. The molecule has 0 radical (unpaired) electrons. The standard InChI is InChI=1S/C14H13NO/c1-9-2-3-11-8-12(6-7-13(11)15-9)14(16)10-4-5-10/h2-3,6-8,10H,4-5H2,1H3. The lowest BCUT2D eigenvalue weighted by molar-refractivity contribution is 0.0968. The van der Waals surface area contributed by atoms with Gasteiger partial charge in [-0.3, -0.25) is 9.78 Å². The van der Waals surface area contributed by atoms with Gasteiger partial charge in [0.25, 0.3) is 0 Å². The minimum atomic E-state index is 0.288. The van der Waals surface area contributed by atoms with Crippen LogP contribution in [0.2, 0.25) is 0 Å². The molecule has 0 atom stereocenters. The fourth-order valence-corrected chi connectivity index (χ4v) is 1.96. The van der Waals surface area contributed by atoms with Crippen molar-refractivity contribution in [1.29, 1.82) is 0 Å². The highest BCUT2D eigenvalue weighted by atomic mass is 16.1. The van der Waals surface area contributed by atoms with E-state index in [1.54, 1.807) is 0 Å². The Kier molecular flexibility index (Phi) is 2.03. The quantitative estimate of drug-likeness (QED) is 0.714. The molecule has 0 saturated heterocycles. The van der Waals surface area contributed by atoms with E-state index in [0.29, 0.717) is 5.78 Å². The van der Waals surface area contributed by atoms with E-state index in [0.717, 1.165) is 35.0 Å². The topological polar surface area (TPSA) is 30.0 Å². The smallest absolute Gasteiger partial charge is 0.165 e. The van der Waals surface area contributed by atoms with E-state index in [4.69, 9.17) is 0 Å². The summed E-state index contributed by atoms with van der Waals surface area (Å²) in [7, 11) is 0. The highest BCUT2D eigenvalue weighted by Crippen LogP contribution is 2.33. The second kappa shape index (κ2) is 3.41. The Morgan fingerprint density at radius 3 is 2.81 bits per heavy atom.